The normalized spacial score (nSPS) is 14.7. The van der Waals surface area contributed by atoms with Gasteiger partial charge in [-0.05, 0) is 17.7 Å². The smallest absolute Gasteiger partial charge is 0.231 e. The van der Waals surface area contributed by atoms with Crippen molar-refractivity contribution >= 4 is 45.8 Å². The van der Waals surface area contributed by atoms with Gasteiger partial charge >= 0.3 is 0 Å². The van der Waals surface area contributed by atoms with Crippen LogP contribution in [0, 0.1) is 0 Å². The first-order chi connectivity index (χ1) is 10.0. The van der Waals surface area contributed by atoms with Crippen molar-refractivity contribution in [3.8, 4) is 0 Å². The number of anilines is 1. The molecule has 0 aliphatic carbocycles. The Morgan fingerprint density at radius 3 is 2.24 bits per heavy atom. The molecule has 1 heterocycles. The van der Waals surface area contributed by atoms with Crippen LogP contribution in [0.4, 0.5) is 5.69 Å². The molecule has 1 aliphatic heterocycles. The first kappa shape index (κ1) is 16.0. The first-order valence-electron chi connectivity index (χ1n) is 6.74. The molecular weight excluding hydrogens is 304 g/mol. The number of hydrogen-bond donors (Lipinski definition) is 0. The van der Waals surface area contributed by atoms with E-state index >= 15 is 0 Å². The Labute approximate surface area is 135 Å². The molecule has 0 spiro atoms. The van der Waals surface area contributed by atoms with Gasteiger partial charge < -0.3 is 14.5 Å². The summed E-state index contributed by atoms with van der Waals surface area (Å²) in [6.07, 6.45) is 0. The Morgan fingerprint density at radius 1 is 1.14 bits per heavy atom. The summed E-state index contributed by atoms with van der Waals surface area (Å²) >= 11 is 10.6. The number of Topliss-reactive ketones (excluding diaryl/α,β-unsaturated/α-hetero) is 1. The molecule has 0 atom stereocenters. The minimum atomic E-state index is -0.250. The molecule has 2 rings (SSSR count). The fraction of sp³-hybridized carbons (Fsp3) is 0.400. The molecule has 112 valence electrons. The Bertz CT molecular complexity index is 549. The van der Waals surface area contributed by atoms with E-state index < -0.39 is 0 Å². The van der Waals surface area contributed by atoms with Gasteiger partial charge in [-0.1, -0.05) is 36.6 Å². The van der Waals surface area contributed by atoms with Gasteiger partial charge in [-0.15, -0.1) is 0 Å². The third-order valence-electron chi connectivity index (χ3n) is 3.34. The van der Waals surface area contributed by atoms with E-state index in [1.54, 1.807) is 0 Å². The number of thiocarbonyl (C=S) groups is 2. The van der Waals surface area contributed by atoms with E-state index in [1.165, 1.54) is 0 Å². The predicted octanol–water partition coefficient (Wildman–Crippen LogP) is 1.70. The second-order valence-electron chi connectivity index (χ2n) is 5.00. The number of hydrogen-bond acceptors (Lipinski definition) is 5. The number of ether oxygens (including phenoxy) is 1. The maximum absolute atomic E-state index is 12.4. The average molecular weight is 322 g/mol. The van der Waals surface area contributed by atoms with E-state index in [1.807, 2.05) is 48.2 Å². The molecule has 1 fully saturated rings. The van der Waals surface area contributed by atoms with E-state index in [0.717, 1.165) is 11.3 Å². The molecule has 0 bridgehead atoms. The lowest BCUT2D eigenvalue weighted by atomic mass is 10.1. The lowest BCUT2D eigenvalue weighted by Gasteiger charge is -2.28. The lowest BCUT2D eigenvalue weighted by molar-refractivity contribution is -0.107. The zero-order valence-corrected chi connectivity index (χ0v) is 13.8. The maximum atomic E-state index is 12.4. The monoisotopic (exact) mass is 322 g/mol. The molecule has 21 heavy (non-hydrogen) atoms. The van der Waals surface area contributed by atoms with E-state index in [4.69, 9.17) is 29.2 Å². The van der Waals surface area contributed by atoms with Crippen molar-refractivity contribution < 1.29 is 9.53 Å². The molecule has 6 heteroatoms. The van der Waals surface area contributed by atoms with Gasteiger partial charge in [0.25, 0.3) is 0 Å². The highest BCUT2D eigenvalue weighted by Gasteiger charge is 2.23. The van der Waals surface area contributed by atoms with Gasteiger partial charge in [0, 0.05) is 32.9 Å². The van der Waals surface area contributed by atoms with Crippen LogP contribution in [-0.4, -0.2) is 60.9 Å². The molecule has 0 unspecified atom stereocenters. The Balaban J connectivity index is 2.07. The Hall–Kier alpha value is -1.37. The highest BCUT2D eigenvalue weighted by Crippen LogP contribution is 2.14. The quantitative estimate of drug-likeness (QED) is 0.620. The largest absolute Gasteiger partial charge is 0.378 e. The topological polar surface area (TPSA) is 32.8 Å². The minimum absolute atomic E-state index is 0.250. The number of rotatable bonds is 4. The number of benzene rings is 1. The van der Waals surface area contributed by atoms with Crippen molar-refractivity contribution in [3.05, 3.63) is 29.8 Å². The Kier molecular flexibility index (Phi) is 5.39. The zero-order chi connectivity index (χ0) is 15.4. The fourth-order valence-electron chi connectivity index (χ4n) is 2.05. The summed E-state index contributed by atoms with van der Waals surface area (Å²) in [6.45, 7) is 2.48. The Morgan fingerprint density at radius 2 is 1.71 bits per heavy atom. The average Bonchev–Trinajstić information content (AvgIpc) is 2.53. The van der Waals surface area contributed by atoms with Gasteiger partial charge in [0.1, 0.15) is 0 Å². The van der Waals surface area contributed by atoms with Gasteiger partial charge in [0.05, 0.1) is 18.1 Å². The van der Waals surface area contributed by atoms with Crippen molar-refractivity contribution in [2.75, 3.05) is 45.3 Å². The molecule has 1 aliphatic rings. The van der Waals surface area contributed by atoms with Gasteiger partial charge in [0.15, 0.2) is 4.99 Å². The zero-order valence-electron chi connectivity index (χ0n) is 12.2. The molecule has 1 aromatic carbocycles. The molecule has 1 aromatic rings. The van der Waals surface area contributed by atoms with Crippen LogP contribution in [0.3, 0.4) is 0 Å². The lowest BCUT2D eigenvalue weighted by Crippen LogP contribution is -2.44. The molecule has 1 saturated heterocycles. The van der Waals surface area contributed by atoms with E-state index in [2.05, 4.69) is 0 Å². The van der Waals surface area contributed by atoms with E-state index in [-0.39, 0.29) is 10.6 Å². The van der Waals surface area contributed by atoms with Crippen LogP contribution in [0.15, 0.2) is 24.3 Å². The van der Waals surface area contributed by atoms with Gasteiger partial charge in [-0.25, -0.2) is 0 Å². The van der Waals surface area contributed by atoms with Crippen molar-refractivity contribution in [3.63, 3.8) is 0 Å². The highest BCUT2D eigenvalue weighted by atomic mass is 32.1. The van der Waals surface area contributed by atoms with Crippen LogP contribution in [-0.2, 0) is 9.53 Å². The van der Waals surface area contributed by atoms with Crippen LogP contribution in [0.25, 0.3) is 0 Å². The van der Waals surface area contributed by atoms with Gasteiger partial charge in [-0.2, -0.15) is 0 Å². The molecule has 0 aromatic heterocycles. The van der Waals surface area contributed by atoms with Gasteiger partial charge in [-0.3, -0.25) is 4.79 Å². The third kappa shape index (κ3) is 3.84. The number of carbonyl (C=O) groups excluding carboxylic acids is 1. The van der Waals surface area contributed by atoms with Crippen molar-refractivity contribution in [1.29, 1.82) is 0 Å². The standard InChI is InChI=1S/C15H18N2O2S2/c1-16(2)12-5-3-11(4-6-12)14(20)13(18)15(21)17-7-9-19-10-8-17/h3-6H,7-10H2,1-2H3. The second kappa shape index (κ2) is 7.06. The summed E-state index contributed by atoms with van der Waals surface area (Å²) in [4.78, 5) is 16.8. The molecule has 0 amide bonds. The minimum Gasteiger partial charge on any atom is -0.378 e. The maximum Gasteiger partial charge on any atom is 0.231 e. The SMILES string of the molecule is CN(C)c1ccc(C(=S)C(=O)C(=S)N2CCOCC2)cc1. The third-order valence-corrected chi connectivity index (χ3v) is 4.21. The molecule has 0 N–H and O–H groups in total. The molecular formula is C15H18N2O2S2. The first-order valence-corrected chi connectivity index (χ1v) is 7.55. The summed E-state index contributed by atoms with van der Waals surface area (Å²) < 4.78 is 5.26. The van der Waals surface area contributed by atoms with Crippen LogP contribution in [0.1, 0.15) is 5.56 Å². The summed E-state index contributed by atoms with van der Waals surface area (Å²) in [6, 6.07) is 7.59. The predicted molar refractivity (Wildman–Crippen MR) is 92.5 cm³/mol. The van der Waals surface area contributed by atoms with Crippen LogP contribution >= 0.6 is 24.4 Å². The van der Waals surface area contributed by atoms with E-state index in [9.17, 15) is 4.79 Å². The summed E-state index contributed by atoms with van der Waals surface area (Å²) in [5.41, 5.74) is 1.79. The van der Waals surface area contributed by atoms with Gasteiger partial charge in [0.2, 0.25) is 5.78 Å². The van der Waals surface area contributed by atoms with Crippen molar-refractivity contribution in [2.45, 2.75) is 0 Å². The van der Waals surface area contributed by atoms with Crippen LogP contribution in [0.5, 0.6) is 0 Å². The number of ketones is 1. The number of carbonyl (C=O) groups is 1. The van der Waals surface area contributed by atoms with Crippen LogP contribution < -0.4 is 4.90 Å². The highest BCUT2D eigenvalue weighted by molar-refractivity contribution is 7.86. The molecule has 4 nitrogen and oxygen atoms in total. The number of nitrogens with zero attached hydrogens (tertiary/aromatic N) is 2. The summed E-state index contributed by atoms with van der Waals surface area (Å²) in [5.74, 6) is -0.250. The van der Waals surface area contributed by atoms with Crippen molar-refractivity contribution in [2.24, 2.45) is 0 Å². The fourth-order valence-corrected chi connectivity index (χ4v) is 2.63. The number of morpholine rings is 1. The van der Waals surface area contributed by atoms with Crippen LogP contribution in [0.2, 0.25) is 0 Å². The second-order valence-corrected chi connectivity index (χ2v) is 5.80. The summed E-state index contributed by atoms with van der Waals surface area (Å²) in [5, 5.41) is 0. The van der Waals surface area contributed by atoms with Crippen molar-refractivity contribution in [1.82, 2.24) is 4.90 Å². The van der Waals surface area contributed by atoms with E-state index in [0.29, 0.717) is 31.3 Å². The summed E-state index contributed by atoms with van der Waals surface area (Å²) in [7, 11) is 3.93. The molecule has 0 saturated carbocycles. The molecule has 0 radical (unpaired) electrons.